The maximum absolute atomic E-state index is 12.2. The molecule has 0 bridgehead atoms. The molecule has 8 heteroatoms. The fourth-order valence-electron chi connectivity index (χ4n) is 2.73. The Morgan fingerprint density at radius 2 is 1.97 bits per heavy atom. The SMILES string of the molecule is C=CCOC(=O)C1=CC(c2ccc(C(=O)OC)cc2)CC(OCCOCCO)O1. The molecule has 1 aromatic rings. The van der Waals surface area contributed by atoms with Crippen molar-refractivity contribution < 1.29 is 38.4 Å². The van der Waals surface area contributed by atoms with Gasteiger partial charge in [-0.3, -0.25) is 0 Å². The van der Waals surface area contributed by atoms with Crippen molar-refractivity contribution in [1.82, 2.24) is 0 Å². The van der Waals surface area contributed by atoms with E-state index in [1.807, 2.05) is 0 Å². The number of benzene rings is 1. The molecule has 1 aliphatic heterocycles. The molecule has 0 saturated carbocycles. The minimum atomic E-state index is -0.672. The van der Waals surface area contributed by atoms with Crippen molar-refractivity contribution in [3.8, 4) is 0 Å². The first-order valence-electron chi connectivity index (χ1n) is 9.24. The summed E-state index contributed by atoms with van der Waals surface area (Å²) < 4.78 is 26.3. The highest BCUT2D eigenvalue weighted by molar-refractivity contribution is 5.89. The molecule has 1 aromatic carbocycles. The van der Waals surface area contributed by atoms with Crippen LogP contribution in [0.5, 0.6) is 0 Å². The molecule has 2 unspecified atom stereocenters. The number of ether oxygens (including phenoxy) is 5. The lowest BCUT2D eigenvalue weighted by Crippen LogP contribution is -2.29. The zero-order chi connectivity index (χ0) is 21.1. The number of carbonyl (C=O) groups excluding carboxylic acids is 2. The highest BCUT2D eigenvalue weighted by atomic mass is 16.7. The van der Waals surface area contributed by atoms with Crippen LogP contribution in [0.4, 0.5) is 0 Å². The summed E-state index contributed by atoms with van der Waals surface area (Å²) in [5, 5.41) is 8.73. The summed E-state index contributed by atoms with van der Waals surface area (Å²) in [6.45, 7) is 4.28. The fraction of sp³-hybridized carbons (Fsp3) is 0.429. The Morgan fingerprint density at radius 1 is 1.21 bits per heavy atom. The molecule has 158 valence electrons. The van der Waals surface area contributed by atoms with Crippen molar-refractivity contribution in [2.24, 2.45) is 0 Å². The predicted molar refractivity (Wildman–Crippen MR) is 103 cm³/mol. The quantitative estimate of drug-likeness (QED) is 0.338. The van der Waals surface area contributed by atoms with Crippen LogP contribution < -0.4 is 0 Å². The zero-order valence-corrected chi connectivity index (χ0v) is 16.4. The summed E-state index contributed by atoms with van der Waals surface area (Å²) in [4.78, 5) is 23.9. The average molecular weight is 406 g/mol. The van der Waals surface area contributed by atoms with E-state index in [2.05, 4.69) is 6.58 Å². The van der Waals surface area contributed by atoms with Crippen LogP contribution in [0.15, 0.2) is 48.8 Å². The van der Waals surface area contributed by atoms with E-state index in [0.29, 0.717) is 18.6 Å². The minimum absolute atomic E-state index is 0.0569. The van der Waals surface area contributed by atoms with Gasteiger partial charge in [0.15, 0.2) is 0 Å². The van der Waals surface area contributed by atoms with E-state index >= 15 is 0 Å². The Labute approximate surface area is 169 Å². The Bertz CT molecular complexity index is 710. The smallest absolute Gasteiger partial charge is 0.373 e. The molecule has 1 aliphatic rings. The maximum Gasteiger partial charge on any atom is 0.373 e. The summed E-state index contributed by atoms with van der Waals surface area (Å²) in [6.07, 6.45) is 2.95. The third kappa shape index (κ3) is 7.01. The summed E-state index contributed by atoms with van der Waals surface area (Å²) >= 11 is 0. The van der Waals surface area contributed by atoms with Crippen LogP contribution in [-0.4, -0.2) is 63.5 Å². The number of carbonyl (C=O) groups is 2. The van der Waals surface area contributed by atoms with E-state index in [9.17, 15) is 9.59 Å². The highest BCUT2D eigenvalue weighted by Crippen LogP contribution is 2.32. The third-order valence-electron chi connectivity index (χ3n) is 4.12. The van der Waals surface area contributed by atoms with E-state index in [1.165, 1.54) is 13.2 Å². The van der Waals surface area contributed by atoms with E-state index in [4.69, 9.17) is 28.8 Å². The second-order valence-electron chi connectivity index (χ2n) is 6.13. The number of methoxy groups -OCH3 is 1. The molecule has 0 amide bonds. The number of aliphatic hydroxyl groups excluding tert-OH is 1. The monoisotopic (exact) mass is 406 g/mol. The van der Waals surface area contributed by atoms with Gasteiger partial charge in [-0.1, -0.05) is 24.8 Å². The van der Waals surface area contributed by atoms with Gasteiger partial charge < -0.3 is 28.8 Å². The predicted octanol–water partition coefficient (Wildman–Crippen LogP) is 1.94. The van der Waals surface area contributed by atoms with E-state index < -0.39 is 18.2 Å². The van der Waals surface area contributed by atoms with Crippen molar-refractivity contribution in [3.05, 3.63) is 59.9 Å². The lowest BCUT2D eigenvalue weighted by atomic mass is 9.92. The Kier molecular flexibility index (Phi) is 9.36. The number of allylic oxidation sites excluding steroid dienone is 1. The van der Waals surface area contributed by atoms with Crippen LogP contribution in [0, 0.1) is 0 Å². The molecule has 0 spiro atoms. The van der Waals surface area contributed by atoms with Crippen molar-refractivity contribution in [1.29, 1.82) is 0 Å². The first-order chi connectivity index (χ1) is 14.1. The summed E-state index contributed by atoms with van der Waals surface area (Å²) in [5.41, 5.74) is 1.33. The summed E-state index contributed by atoms with van der Waals surface area (Å²) in [5.74, 6) is -1.14. The second-order valence-corrected chi connectivity index (χ2v) is 6.13. The minimum Gasteiger partial charge on any atom is -0.465 e. The number of hydrogen-bond donors (Lipinski definition) is 1. The lowest BCUT2D eigenvalue weighted by molar-refractivity contribution is -0.163. The van der Waals surface area contributed by atoms with Crippen molar-refractivity contribution >= 4 is 11.9 Å². The number of hydrogen-bond acceptors (Lipinski definition) is 8. The van der Waals surface area contributed by atoms with Gasteiger partial charge in [0.25, 0.3) is 0 Å². The van der Waals surface area contributed by atoms with Crippen molar-refractivity contribution in [2.75, 3.05) is 40.1 Å². The van der Waals surface area contributed by atoms with Gasteiger partial charge in [0.05, 0.1) is 39.1 Å². The number of esters is 2. The van der Waals surface area contributed by atoms with Gasteiger partial charge in [0.2, 0.25) is 12.0 Å². The molecule has 29 heavy (non-hydrogen) atoms. The van der Waals surface area contributed by atoms with Gasteiger partial charge in [-0.15, -0.1) is 0 Å². The average Bonchev–Trinajstić information content (AvgIpc) is 2.76. The van der Waals surface area contributed by atoms with Crippen LogP contribution in [-0.2, 0) is 28.5 Å². The second kappa shape index (κ2) is 12.0. The summed E-state index contributed by atoms with van der Waals surface area (Å²) in [6, 6.07) is 6.93. The number of rotatable bonds is 11. The fourth-order valence-corrected chi connectivity index (χ4v) is 2.73. The van der Waals surface area contributed by atoms with E-state index in [-0.39, 0.29) is 38.1 Å². The molecule has 1 N–H and O–H groups in total. The molecule has 0 fully saturated rings. The van der Waals surface area contributed by atoms with Crippen LogP contribution in [0.3, 0.4) is 0 Å². The van der Waals surface area contributed by atoms with Gasteiger partial charge >= 0.3 is 11.9 Å². The Balaban J connectivity index is 2.11. The molecular weight excluding hydrogens is 380 g/mol. The molecule has 0 radical (unpaired) electrons. The molecule has 0 aliphatic carbocycles. The molecule has 8 nitrogen and oxygen atoms in total. The van der Waals surface area contributed by atoms with Crippen molar-refractivity contribution in [2.45, 2.75) is 18.6 Å². The largest absolute Gasteiger partial charge is 0.465 e. The van der Waals surface area contributed by atoms with Crippen LogP contribution >= 0.6 is 0 Å². The first-order valence-corrected chi connectivity index (χ1v) is 9.24. The standard InChI is InChI=1S/C21H26O8/c1-3-9-28-21(24)18-13-17(14-19(29-18)27-12-11-26-10-8-22)15-4-6-16(7-5-15)20(23)25-2/h3-7,13,17,19,22H,1,8-12,14H2,2H3. The highest BCUT2D eigenvalue weighted by Gasteiger charge is 2.29. The topological polar surface area (TPSA) is 101 Å². The molecule has 0 aromatic heterocycles. The maximum atomic E-state index is 12.2. The van der Waals surface area contributed by atoms with Gasteiger partial charge in [-0.25, -0.2) is 9.59 Å². The first kappa shape index (κ1) is 22.6. The van der Waals surface area contributed by atoms with Crippen molar-refractivity contribution in [3.63, 3.8) is 0 Å². The van der Waals surface area contributed by atoms with Crippen LogP contribution in [0.1, 0.15) is 28.3 Å². The normalized spacial score (nSPS) is 18.3. The lowest BCUT2D eigenvalue weighted by Gasteiger charge is -2.29. The Hall–Kier alpha value is -2.68. The van der Waals surface area contributed by atoms with Crippen LogP contribution in [0.2, 0.25) is 0 Å². The van der Waals surface area contributed by atoms with Crippen LogP contribution in [0.25, 0.3) is 0 Å². The van der Waals surface area contributed by atoms with Gasteiger partial charge in [0.1, 0.15) is 6.61 Å². The Morgan fingerprint density at radius 3 is 2.62 bits per heavy atom. The number of aliphatic hydroxyl groups is 1. The molecule has 0 saturated heterocycles. The van der Waals surface area contributed by atoms with E-state index in [1.54, 1.807) is 30.3 Å². The van der Waals surface area contributed by atoms with Gasteiger partial charge in [0, 0.05) is 12.3 Å². The molecule has 2 atom stereocenters. The van der Waals surface area contributed by atoms with Gasteiger partial charge in [-0.05, 0) is 23.8 Å². The summed E-state index contributed by atoms with van der Waals surface area (Å²) in [7, 11) is 1.32. The van der Waals surface area contributed by atoms with E-state index in [0.717, 1.165) is 5.56 Å². The zero-order valence-electron chi connectivity index (χ0n) is 16.4. The molecular formula is C21H26O8. The third-order valence-corrected chi connectivity index (χ3v) is 4.12. The molecule has 2 rings (SSSR count). The molecule has 1 heterocycles. The van der Waals surface area contributed by atoms with Gasteiger partial charge in [-0.2, -0.15) is 0 Å².